The number of aliphatic hydroxyl groups is 1. The molecule has 2 N–H and O–H groups in total. The van der Waals surface area contributed by atoms with E-state index in [4.69, 9.17) is 5.11 Å². The van der Waals surface area contributed by atoms with Gasteiger partial charge in [0.25, 0.3) is 0 Å². The van der Waals surface area contributed by atoms with Gasteiger partial charge in [0.1, 0.15) is 0 Å². The summed E-state index contributed by atoms with van der Waals surface area (Å²) >= 11 is 0. The zero-order valence-electron chi connectivity index (χ0n) is 11.1. The highest BCUT2D eigenvalue weighted by atomic mass is 16.3. The minimum absolute atomic E-state index is 0.309. The highest BCUT2D eigenvalue weighted by Crippen LogP contribution is 2.47. The molecule has 1 aliphatic rings. The standard InChI is InChI=1S/C16H20N2O/c19-9-7-16(5-6-16)12-17-11-13-3-4-15-14(10-13)2-1-8-18-15/h1-4,8,10,17,19H,5-7,9,11-12H2. The molecule has 0 unspecified atom stereocenters. The predicted molar refractivity (Wildman–Crippen MR) is 76.8 cm³/mol. The minimum atomic E-state index is 0.309. The van der Waals surface area contributed by atoms with Gasteiger partial charge in [-0.15, -0.1) is 0 Å². The van der Waals surface area contributed by atoms with E-state index >= 15 is 0 Å². The third kappa shape index (κ3) is 2.94. The molecule has 0 bridgehead atoms. The molecule has 1 fully saturated rings. The van der Waals surface area contributed by atoms with Gasteiger partial charge in [-0.05, 0) is 48.4 Å². The molecule has 2 aromatic rings. The summed E-state index contributed by atoms with van der Waals surface area (Å²) in [4.78, 5) is 4.33. The molecule has 3 heteroatoms. The number of fused-ring (bicyclic) bond motifs is 1. The summed E-state index contributed by atoms with van der Waals surface area (Å²) in [7, 11) is 0. The quantitative estimate of drug-likeness (QED) is 0.834. The molecule has 1 saturated carbocycles. The van der Waals surface area contributed by atoms with Crippen molar-refractivity contribution in [3.8, 4) is 0 Å². The maximum atomic E-state index is 9.04. The Morgan fingerprint density at radius 2 is 2.16 bits per heavy atom. The van der Waals surface area contributed by atoms with E-state index in [1.807, 2.05) is 12.3 Å². The first-order chi connectivity index (χ1) is 9.31. The van der Waals surface area contributed by atoms with Gasteiger partial charge in [-0.2, -0.15) is 0 Å². The number of aromatic nitrogens is 1. The number of hydrogen-bond donors (Lipinski definition) is 2. The first-order valence-electron chi connectivity index (χ1n) is 6.97. The Hall–Kier alpha value is -1.45. The topological polar surface area (TPSA) is 45.1 Å². The molecule has 1 heterocycles. The number of rotatable bonds is 6. The summed E-state index contributed by atoms with van der Waals surface area (Å²) < 4.78 is 0. The van der Waals surface area contributed by atoms with Crippen LogP contribution >= 0.6 is 0 Å². The van der Waals surface area contributed by atoms with E-state index in [9.17, 15) is 0 Å². The Balaban J connectivity index is 1.59. The molecule has 1 aromatic heterocycles. The second-order valence-electron chi connectivity index (χ2n) is 5.61. The van der Waals surface area contributed by atoms with Crippen molar-refractivity contribution in [2.75, 3.05) is 13.2 Å². The molecule has 1 aromatic carbocycles. The highest BCUT2D eigenvalue weighted by molar-refractivity contribution is 5.78. The molecular formula is C16H20N2O. The minimum Gasteiger partial charge on any atom is -0.396 e. The fourth-order valence-corrected chi connectivity index (χ4v) is 2.64. The Bertz CT molecular complexity index is 563. The van der Waals surface area contributed by atoms with Crippen LogP contribution in [0.15, 0.2) is 36.5 Å². The van der Waals surface area contributed by atoms with Crippen LogP contribution in [-0.4, -0.2) is 23.2 Å². The second-order valence-corrected chi connectivity index (χ2v) is 5.61. The van der Waals surface area contributed by atoms with Crippen molar-refractivity contribution in [1.82, 2.24) is 10.3 Å². The average molecular weight is 256 g/mol. The van der Waals surface area contributed by atoms with Crippen LogP contribution in [0.5, 0.6) is 0 Å². The number of hydrogen-bond acceptors (Lipinski definition) is 3. The Morgan fingerprint density at radius 1 is 1.26 bits per heavy atom. The van der Waals surface area contributed by atoms with Crippen LogP contribution in [-0.2, 0) is 6.54 Å². The van der Waals surface area contributed by atoms with E-state index in [1.165, 1.54) is 23.8 Å². The molecule has 0 spiro atoms. The number of benzene rings is 1. The van der Waals surface area contributed by atoms with Crippen molar-refractivity contribution in [1.29, 1.82) is 0 Å². The van der Waals surface area contributed by atoms with E-state index in [2.05, 4.69) is 34.6 Å². The number of aliphatic hydroxyl groups excluding tert-OH is 1. The number of nitrogens with one attached hydrogen (secondary N) is 1. The monoisotopic (exact) mass is 256 g/mol. The maximum absolute atomic E-state index is 9.04. The van der Waals surface area contributed by atoms with Crippen LogP contribution in [0.25, 0.3) is 10.9 Å². The van der Waals surface area contributed by atoms with Crippen LogP contribution in [0.1, 0.15) is 24.8 Å². The summed E-state index contributed by atoms with van der Waals surface area (Å²) in [5.74, 6) is 0. The molecule has 19 heavy (non-hydrogen) atoms. The number of pyridine rings is 1. The molecule has 0 radical (unpaired) electrons. The lowest BCUT2D eigenvalue weighted by atomic mass is 10.0. The SMILES string of the molecule is OCCC1(CNCc2ccc3ncccc3c2)CC1. The van der Waals surface area contributed by atoms with Gasteiger partial charge in [0.2, 0.25) is 0 Å². The largest absolute Gasteiger partial charge is 0.396 e. The van der Waals surface area contributed by atoms with Gasteiger partial charge in [0.05, 0.1) is 5.52 Å². The lowest BCUT2D eigenvalue weighted by Crippen LogP contribution is -2.24. The smallest absolute Gasteiger partial charge is 0.0702 e. The van der Waals surface area contributed by atoms with Crippen LogP contribution < -0.4 is 5.32 Å². The first kappa shape index (κ1) is 12.6. The molecule has 0 amide bonds. The summed E-state index contributed by atoms with van der Waals surface area (Å²) in [6.07, 6.45) is 5.26. The van der Waals surface area contributed by atoms with Crippen molar-refractivity contribution >= 4 is 10.9 Å². The van der Waals surface area contributed by atoms with Gasteiger partial charge in [0.15, 0.2) is 0 Å². The molecule has 3 nitrogen and oxygen atoms in total. The Morgan fingerprint density at radius 3 is 2.95 bits per heavy atom. The predicted octanol–water partition coefficient (Wildman–Crippen LogP) is 2.49. The van der Waals surface area contributed by atoms with E-state index < -0.39 is 0 Å². The van der Waals surface area contributed by atoms with Gasteiger partial charge in [-0.3, -0.25) is 4.98 Å². The lowest BCUT2D eigenvalue weighted by Gasteiger charge is -2.14. The van der Waals surface area contributed by atoms with Gasteiger partial charge in [-0.1, -0.05) is 12.1 Å². The first-order valence-corrected chi connectivity index (χ1v) is 6.97. The summed E-state index contributed by atoms with van der Waals surface area (Å²) in [6.45, 7) is 2.21. The average Bonchev–Trinajstić information content (AvgIpc) is 3.19. The van der Waals surface area contributed by atoms with Crippen LogP contribution in [0, 0.1) is 5.41 Å². The van der Waals surface area contributed by atoms with E-state index in [0.29, 0.717) is 12.0 Å². The van der Waals surface area contributed by atoms with Gasteiger partial charge in [-0.25, -0.2) is 0 Å². The van der Waals surface area contributed by atoms with Crippen LogP contribution in [0.4, 0.5) is 0 Å². The van der Waals surface area contributed by atoms with Crippen LogP contribution in [0.2, 0.25) is 0 Å². The van der Waals surface area contributed by atoms with Crippen molar-refractivity contribution in [2.45, 2.75) is 25.8 Å². The zero-order valence-corrected chi connectivity index (χ0v) is 11.1. The van der Waals surface area contributed by atoms with Gasteiger partial charge < -0.3 is 10.4 Å². The fraction of sp³-hybridized carbons (Fsp3) is 0.438. The normalized spacial score (nSPS) is 16.7. The molecule has 0 atom stereocenters. The summed E-state index contributed by atoms with van der Waals surface area (Å²) in [5.41, 5.74) is 2.72. The third-order valence-electron chi connectivity index (χ3n) is 4.10. The molecule has 0 aliphatic heterocycles. The van der Waals surface area contributed by atoms with Gasteiger partial charge in [0, 0.05) is 31.3 Å². The van der Waals surface area contributed by atoms with Gasteiger partial charge >= 0.3 is 0 Å². The van der Waals surface area contributed by atoms with Crippen LogP contribution in [0.3, 0.4) is 0 Å². The molecular weight excluding hydrogens is 236 g/mol. The summed E-state index contributed by atoms with van der Waals surface area (Å²) in [6, 6.07) is 10.5. The third-order valence-corrected chi connectivity index (χ3v) is 4.10. The maximum Gasteiger partial charge on any atom is 0.0702 e. The molecule has 3 rings (SSSR count). The second kappa shape index (κ2) is 5.27. The summed E-state index contributed by atoms with van der Waals surface area (Å²) in [5, 5.41) is 13.8. The van der Waals surface area contributed by atoms with Crippen molar-refractivity contribution in [2.24, 2.45) is 5.41 Å². The fourth-order valence-electron chi connectivity index (χ4n) is 2.64. The Labute approximate surface area is 113 Å². The Kier molecular flexibility index (Phi) is 3.49. The lowest BCUT2D eigenvalue weighted by molar-refractivity contribution is 0.245. The van der Waals surface area contributed by atoms with E-state index in [1.54, 1.807) is 0 Å². The molecule has 100 valence electrons. The van der Waals surface area contributed by atoms with Crippen molar-refractivity contribution in [3.63, 3.8) is 0 Å². The molecule has 0 saturated heterocycles. The highest BCUT2D eigenvalue weighted by Gasteiger charge is 2.41. The zero-order chi connectivity index (χ0) is 13.1. The van der Waals surface area contributed by atoms with E-state index in [0.717, 1.165) is 25.0 Å². The van der Waals surface area contributed by atoms with Crippen molar-refractivity contribution in [3.05, 3.63) is 42.1 Å². The molecule has 1 aliphatic carbocycles. The number of nitrogens with zero attached hydrogens (tertiary/aromatic N) is 1. The van der Waals surface area contributed by atoms with Crippen molar-refractivity contribution < 1.29 is 5.11 Å². The van der Waals surface area contributed by atoms with E-state index in [-0.39, 0.29) is 0 Å².